The minimum absolute atomic E-state index is 0.0956. The molecule has 1 N–H and O–H groups in total. The summed E-state index contributed by atoms with van der Waals surface area (Å²) in [4.78, 5) is 4.17. The van der Waals surface area contributed by atoms with Crippen molar-refractivity contribution in [3.63, 3.8) is 0 Å². The number of aryl methyl sites for hydroxylation is 2. The lowest BCUT2D eigenvalue weighted by Gasteiger charge is -2.14. The van der Waals surface area contributed by atoms with Crippen molar-refractivity contribution in [3.05, 3.63) is 39.9 Å². The number of aliphatic hydroxyl groups is 1. The lowest BCUT2D eigenvalue weighted by molar-refractivity contribution is 0.0886. The summed E-state index contributed by atoms with van der Waals surface area (Å²) in [5, 5.41) is 15.1. The van der Waals surface area contributed by atoms with Crippen LogP contribution in [0, 0.1) is 13.8 Å². The summed E-state index contributed by atoms with van der Waals surface area (Å²) in [6.07, 6.45) is -0.718. The van der Waals surface area contributed by atoms with Crippen molar-refractivity contribution in [2.24, 2.45) is 0 Å². The van der Waals surface area contributed by atoms with Crippen LogP contribution in [0.25, 0.3) is 0 Å². The molecule has 5 nitrogen and oxygen atoms in total. The second kappa shape index (κ2) is 6.43. The number of ether oxygens (including phenoxy) is 1. The van der Waals surface area contributed by atoms with Gasteiger partial charge >= 0.3 is 0 Å². The summed E-state index contributed by atoms with van der Waals surface area (Å²) in [6.45, 7) is 4.04. The first-order chi connectivity index (χ1) is 9.45. The fraction of sp³-hybridized carbons (Fsp3) is 0.385. The zero-order valence-corrected chi connectivity index (χ0v) is 12.7. The average Bonchev–Trinajstić information content (AvgIpc) is 2.69. The third kappa shape index (κ3) is 3.85. The number of hydrogen-bond acceptors (Lipinski definition) is 4. The summed E-state index contributed by atoms with van der Waals surface area (Å²) in [5.41, 5.74) is 0. The maximum Gasteiger partial charge on any atom is 0.147 e. The van der Waals surface area contributed by atoms with Gasteiger partial charge in [-0.2, -0.15) is 5.10 Å². The van der Waals surface area contributed by atoms with Crippen molar-refractivity contribution < 1.29 is 9.84 Å². The van der Waals surface area contributed by atoms with E-state index in [1.54, 1.807) is 29.8 Å². The third-order valence-electron chi connectivity index (χ3n) is 2.67. The fourth-order valence-corrected chi connectivity index (χ4v) is 2.09. The Morgan fingerprint density at radius 2 is 2.10 bits per heavy atom. The smallest absolute Gasteiger partial charge is 0.147 e. The molecule has 0 radical (unpaired) electrons. The summed E-state index contributed by atoms with van der Waals surface area (Å²) in [5.74, 6) is 1.88. The molecule has 0 aliphatic carbocycles. The van der Waals surface area contributed by atoms with E-state index in [0.29, 0.717) is 28.2 Å². The van der Waals surface area contributed by atoms with Gasteiger partial charge in [0.1, 0.15) is 30.1 Å². The molecule has 0 saturated heterocycles. The number of benzene rings is 1. The minimum Gasteiger partial charge on any atom is -0.489 e. The van der Waals surface area contributed by atoms with Crippen molar-refractivity contribution in [2.45, 2.75) is 26.5 Å². The normalized spacial score (nSPS) is 12.4. The first-order valence-electron chi connectivity index (χ1n) is 6.09. The number of nitrogens with zero attached hydrogens (tertiary/aromatic N) is 3. The van der Waals surface area contributed by atoms with Crippen LogP contribution in [0.1, 0.15) is 11.6 Å². The highest BCUT2D eigenvalue weighted by molar-refractivity contribution is 6.34. The van der Waals surface area contributed by atoms with Crippen molar-refractivity contribution in [1.29, 1.82) is 0 Å². The van der Waals surface area contributed by atoms with Crippen LogP contribution in [0.3, 0.4) is 0 Å². The van der Waals surface area contributed by atoms with Gasteiger partial charge < -0.3 is 9.84 Å². The van der Waals surface area contributed by atoms with E-state index < -0.39 is 6.10 Å². The van der Waals surface area contributed by atoms with E-state index in [-0.39, 0.29) is 6.61 Å². The second-order valence-electron chi connectivity index (χ2n) is 4.43. The molecule has 0 bridgehead atoms. The highest BCUT2D eigenvalue weighted by Crippen LogP contribution is 2.27. The Hall–Kier alpha value is -1.30. The molecule has 0 aliphatic rings. The zero-order chi connectivity index (χ0) is 14.7. The van der Waals surface area contributed by atoms with Gasteiger partial charge in [0.15, 0.2) is 0 Å². The van der Waals surface area contributed by atoms with Crippen LogP contribution in [0.5, 0.6) is 5.75 Å². The van der Waals surface area contributed by atoms with Crippen molar-refractivity contribution in [2.75, 3.05) is 6.61 Å². The zero-order valence-electron chi connectivity index (χ0n) is 11.2. The van der Waals surface area contributed by atoms with Crippen LogP contribution < -0.4 is 4.74 Å². The Bertz CT molecular complexity index is 601. The molecule has 2 aromatic rings. The van der Waals surface area contributed by atoms with E-state index in [4.69, 9.17) is 27.9 Å². The SMILES string of the molecule is Cc1nc(C)n(CC(O)COc2cc(Cl)ccc2Cl)n1. The van der Waals surface area contributed by atoms with Gasteiger partial charge in [0.25, 0.3) is 0 Å². The van der Waals surface area contributed by atoms with Crippen LogP contribution >= 0.6 is 23.2 Å². The number of aliphatic hydroxyl groups excluding tert-OH is 1. The molecule has 0 spiro atoms. The van der Waals surface area contributed by atoms with Crippen molar-refractivity contribution >= 4 is 23.2 Å². The highest BCUT2D eigenvalue weighted by Gasteiger charge is 2.11. The van der Waals surface area contributed by atoms with Gasteiger partial charge in [-0.05, 0) is 26.0 Å². The van der Waals surface area contributed by atoms with Gasteiger partial charge in [0.2, 0.25) is 0 Å². The van der Waals surface area contributed by atoms with Gasteiger partial charge in [0.05, 0.1) is 11.6 Å². The molecule has 0 aliphatic heterocycles. The predicted molar refractivity (Wildman–Crippen MR) is 77.5 cm³/mol. The Balaban J connectivity index is 1.93. The molecule has 1 aromatic carbocycles. The molecule has 0 saturated carbocycles. The maximum atomic E-state index is 9.97. The molecule has 1 aromatic heterocycles. The molecular weight excluding hydrogens is 301 g/mol. The van der Waals surface area contributed by atoms with Gasteiger partial charge in [-0.3, -0.25) is 0 Å². The molecule has 1 heterocycles. The summed E-state index contributed by atoms with van der Waals surface area (Å²) >= 11 is 11.8. The van der Waals surface area contributed by atoms with Crippen LogP contribution in [0.4, 0.5) is 0 Å². The van der Waals surface area contributed by atoms with E-state index >= 15 is 0 Å². The van der Waals surface area contributed by atoms with E-state index in [1.807, 2.05) is 6.92 Å². The molecule has 1 atom stereocenters. The van der Waals surface area contributed by atoms with E-state index in [9.17, 15) is 5.11 Å². The number of rotatable bonds is 5. The molecule has 1 unspecified atom stereocenters. The van der Waals surface area contributed by atoms with Crippen molar-refractivity contribution in [3.8, 4) is 5.75 Å². The monoisotopic (exact) mass is 315 g/mol. The molecule has 0 fully saturated rings. The fourth-order valence-electron chi connectivity index (χ4n) is 1.76. The molecular formula is C13H15Cl2N3O2. The van der Waals surface area contributed by atoms with E-state index in [0.717, 1.165) is 5.82 Å². The summed E-state index contributed by atoms with van der Waals surface area (Å²) < 4.78 is 7.11. The van der Waals surface area contributed by atoms with Gasteiger partial charge in [-0.15, -0.1) is 0 Å². The van der Waals surface area contributed by atoms with E-state index in [1.165, 1.54) is 0 Å². The summed E-state index contributed by atoms with van der Waals surface area (Å²) in [6, 6.07) is 4.94. The Morgan fingerprint density at radius 1 is 1.35 bits per heavy atom. The van der Waals surface area contributed by atoms with Crippen molar-refractivity contribution in [1.82, 2.24) is 14.8 Å². The first kappa shape index (κ1) is 15.1. The molecule has 108 valence electrons. The predicted octanol–water partition coefficient (Wildman–Crippen LogP) is 2.64. The Morgan fingerprint density at radius 3 is 2.75 bits per heavy atom. The van der Waals surface area contributed by atoms with Gasteiger partial charge in [0, 0.05) is 11.1 Å². The largest absolute Gasteiger partial charge is 0.489 e. The summed E-state index contributed by atoms with van der Waals surface area (Å²) in [7, 11) is 0. The molecule has 0 amide bonds. The topological polar surface area (TPSA) is 60.2 Å². The molecule has 2 rings (SSSR count). The van der Waals surface area contributed by atoms with Gasteiger partial charge in [-0.1, -0.05) is 23.2 Å². The standard InChI is InChI=1S/C13H15Cl2N3O2/c1-8-16-9(2)18(17-8)6-11(19)7-20-13-5-10(14)3-4-12(13)15/h3-5,11,19H,6-7H2,1-2H3. The number of hydrogen-bond donors (Lipinski definition) is 1. The minimum atomic E-state index is -0.718. The Kier molecular flexibility index (Phi) is 4.86. The van der Waals surface area contributed by atoms with Crippen LogP contribution in [0.15, 0.2) is 18.2 Å². The maximum absolute atomic E-state index is 9.97. The van der Waals surface area contributed by atoms with Crippen LogP contribution in [0.2, 0.25) is 10.0 Å². The quantitative estimate of drug-likeness (QED) is 0.921. The van der Waals surface area contributed by atoms with Crippen LogP contribution in [-0.2, 0) is 6.54 Å². The highest BCUT2D eigenvalue weighted by atomic mass is 35.5. The van der Waals surface area contributed by atoms with Gasteiger partial charge in [-0.25, -0.2) is 9.67 Å². The average molecular weight is 316 g/mol. The lowest BCUT2D eigenvalue weighted by atomic mass is 10.3. The molecule has 20 heavy (non-hydrogen) atoms. The lowest BCUT2D eigenvalue weighted by Crippen LogP contribution is -2.25. The first-order valence-corrected chi connectivity index (χ1v) is 6.85. The van der Waals surface area contributed by atoms with Crippen LogP contribution in [-0.4, -0.2) is 32.6 Å². The number of aromatic nitrogens is 3. The Labute approximate surface area is 127 Å². The molecule has 7 heteroatoms. The number of halogens is 2. The van der Waals surface area contributed by atoms with E-state index in [2.05, 4.69) is 10.1 Å². The second-order valence-corrected chi connectivity index (χ2v) is 5.27. The third-order valence-corrected chi connectivity index (χ3v) is 3.22.